The lowest BCUT2D eigenvalue weighted by atomic mass is 10.3. The van der Waals surface area contributed by atoms with E-state index < -0.39 is 5.97 Å². The standard InChI is InChI=1S/C11H9N3O3/c15-10-4-5-12-7-14(10)6-8-2-1-3-9(13-8)11(16)17/h1-5,7H,6H2,(H,16,17). The van der Waals surface area contributed by atoms with Gasteiger partial charge in [0.2, 0.25) is 0 Å². The van der Waals surface area contributed by atoms with Gasteiger partial charge in [0.05, 0.1) is 18.6 Å². The number of carboxylic acid groups (broad SMARTS) is 1. The van der Waals surface area contributed by atoms with E-state index >= 15 is 0 Å². The summed E-state index contributed by atoms with van der Waals surface area (Å²) in [4.78, 5) is 29.9. The third-order valence-electron chi connectivity index (χ3n) is 2.15. The molecule has 0 saturated carbocycles. The maximum absolute atomic E-state index is 11.4. The molecule has 0 aliphatic rings. The van der Waals surface area contributed by atoms with Crippen LogP contribution in [0.3, 0.4) is 0 Å². The van der Waals surface area contributed by atoms with Crippen molar-refractivity contribution in [1.82, 2.24) is 14.5 Å². The molecule has 0 fully saturated rings. The molecule has 6 nitrogen and oxygen atoms in total. The number of pyridine rings is 1. The average molecular weight is 231 g/mol. The zero-order valence-electron chi connectivity index (χ0n) is 8.78. The molecule has 0 radical (unpaired) electrons. The average Bonchev–Trinajstić information content (AvgIpc) is 2.32. The predicted octanol–water partition coefficient (Wildman–Crippen LogP) is 0.385. The molecule has 86 valence electrons. The van der Waals surface area contributed by atoms with Gasteiger partial charge in [-0.2, -0.15) is 0 Å². The summed E-state index contributed by atoms with van der Waals surface area (Å²) in [6.45, 7) is 0.202. The summed E-state index contributed by atoms with van der Waals surface area (Å²) in [5.41, 5.74) is 0.252. The summed E-state index contributed by atoms with van der Waals surface area (Å²) in [7, 11) is 0. The van der Waals surface area contributed by atoms with E-state index in [0.717, 1.165) is 0 Å². The minimum absolute atomic E-state index is 0.0422. The van der Waals surface area contributed by atoms with Gasteiger partial charge in [0, 0.05) is 12.3 Å². The molecule has 0 bridgehead atoms. The highest BCUT2D eigenvalue weighted by Crippen LogP contribution is 2.00. The first-order valence-electron chi connectivity index (χ1n) is 4.86. The third-order valence-corrected chi connectivity index (χ3v) is 2.15. The van der Waals surface area contributed by atoms with Crippen LogP contribution in [0.2, 0.25) is 0 Å². The molecule has 0 amide bonds. The molecule has 0 aliphatic carbocycles. The molecule has 1 N–H and O–H groups in total. The highest BCUT2D eigenvalue weighted by Gasteiger charge is 2.05. The SMILES string of the molecule is O=C(O)c1cccc(Cn2cnccc2=O)n1. The van der Waals surface area contributed by atoms with Crippen LogP contribution in [0.5, 0.6) is 0 Å². The van der Waals surface area contributed by atoms with Gasteiger partial charge in [0.25, 0.3) is 5.56 Å². The van der Waals surface area contributed by atoms with Crippen LogP contribution in [0.25, 0.3) is 0 Å². The van der Waals surface area contributed by atoms with Crippen molar-refractivity contribution in [2.75, 3.05) is 0 Å². The monoisotopic (exact) mass is 231 g/mol. The highest BCUT2D eigenvalue weighted by molar-refractivity contribution is 5.85. The first-order valence-corrected chi connectivity index (χ1v) is 4.86. The van der Waals surface area contributed by atoms with E-state index in [4.69, 9.17) is 5.11 Å². The van der Waals surface area contributed by atoms with Crippen molar-refractivity contribution in [3.8, 4) is 0 Å². The van der Waals surface area contributed by atoms with Gasteiger partial charge in [0.15, 0.2) is 0 Å². The van der Waals surface area contributed by atoms with Crippen LogP contribution in [0.15, 0.2) is 41.6 Å². The fraction of sp³-hybridized carbons (Fsp3) is 0.0909. The fourth-order valence-electron chi connectivity index (χ4n) is 1.36. The maximum atomic E-state index is 11.4. The van der Waals surface area contributed by atoms with Gasteiger partial charge in [-0.05, 0) is 12.1 Å². The van der Waals surface area contributed by atoms with Crippen molar-refractivity contribution in [1.29, 1.82) is 0 Å². The van der Waals surface area contributed by atoms with E-state index in [1.54, 1.807) is 12.1 Å². The van der Waals surface area contributed by atoms with Crippen LogP contribution in [0.1, 0.15) is 16.2 Å². The van der Waals surface area contributed by atoms with Crippen LogP contribution >= 0.6 is 0 Å². The Hall–Kier alpha value is -2.50. The summed E-state index contributed by atoms with van der Waals surface area (Å²) in [6.07, 6.45) is 2.79. The van der Waals surface area contributed by atoms with Crippen molar-refractivity contribution in [2.45, 2.75) is 6.54 Å². The van der Waals surface area contributed by atoms with Crippen LogP contribution in [0, 0.1) is 0 Å². The minimum Gasteiger partial charge on any atom is -0.477 e. The molecule has 0 aromatic carbocycles. The fourth-order valence-corrected chi connectivity index (χ4v) is 1.36. The van der Waals surface area contributed by atoms with Crippen LogP contribution in [-0.4, -0.2) is 25.6 Å². The van der Waals surface area contributed by atoms with Gasteiger partial charge in [-0.15, -0.1) is 0 Å². The van der Waals surface area contributed by atoms with Gasteiger partial charge in [0.1, 0.15) is 5.69 Å². The topological polar surface area (TPSA) is 85.1 Å². The van der Waals surface area contributed by atoms with Gasteiger partial charge in [-0.1, -0.05) is 6.07 Å². The predicted molar refractivity (Wildman–Crippen MR) is 58.8 cm³/mol. The second-order valence-corrected chi connectivity index (χ2v) is 3.37. The summed E-state index contributed by atoms with van der Waals surface area (Å²) < 4.78 is 1.36. The molecule has 0 spiro atoms. The van der Waals surface area contributed by atoms with Gasteiger partial charge >= 0.3 is 5.97 Å². The second-order valence-electron chi connectivity index (χ2n) is 3.37. The summed E-state index contributed by atoms with van der Waals surface area (Å²) in [5, 5.41) is 8.79. The number of aromatic carboxylic acids is 1. The molecule has 2 aromatic heterocycles. The smallest absolute Gasteiger partial charge is 0.354 e. The Kier molecular flexibility index (Phi) is 2.95. The molecule has 17 heavy (non-hydrogen) atoms. The van der Waals surface area contributed by atoms with Crippen molar-refractivity contribution in [2.24, 2.45) is 0 Å². The number of carboxylic acids is 1. The molecule has 0 aliphatic heterocycles. The highest BCUT2D eigenvalue weighted by atomic mass is 16.4. The van der Waals surface area contributed by atoms with E-state index in [1.807, 2.05) is 0 Å². The van der Waals surface area contributed by atoms with Gasteiger partial charge < -0.3 is 5.11 Å². The molecule has 2 heterocycles. The lowest BCUT2D eigenvalue weighted by Gasteiger charge is -2.04. The molecular weight excluding hydrogens is 222 g/mol. The zero-order valence-corrected chi connectivity index (χ0v) is 8.78. The Labute approximate surface area is 96.2 Å². The Morgan fingerprint density at radius 1 is 1.35 bits per heavy atom. The number of nitrogens with zero attached hydrogens (tertiary/aromatic N) is 3. The Bertz CT molecular complexity index is 607. The molecule has 2 aromatic rings. The number of hydrogen-bond acceptors (Lipinski definition) is 4. The summed E-state index contributed by atoms with van der Waals surface area (Å²) >= 11 is 0. The van der Waals surface area contributed by atoms with Crippen LogP contribution < -0.4 is 5.56 Å². The first kappa shape index (κ1) is 11.0. The maximum Gasteiger partial charge on any atom is 0.354 e. The molecule has 2 rings (SSSR count). The van der Waals surface area contributed by atoms with Crippen molar-refractivity contribution >= 4 is 5.97 Å². The lowest BCUT2D eigenvalue weighted by Crippen LogP contribution is -2.20. The molecular formula is C11H9N3O3. The third kappa shape index (κ3) is 2.54. The van der Waals surface area contributed by atoms with Gasteiger partial charge in [-0.3, -0.25) is 9.36 Å². The second kappa shape index (κ2) is 4.56. The number of aromatic nitrogens is 3. The summed E-state index contributed by atoms with van der Waals surface area (Å²) in [5.74, 6) is -1.09. The van der Waals surface area contributed by atoms with Crippen molar-refractivity contribution < 1.29 is 9.90 Å². The van der Waals surface area contributed by atoms with Crippen molar-refractivity contribution in [3.63, 3.8) is 0 Å². The molecule has 6 heteroatoms. The van der Waals surface area contributed by atoms with E-state index in [2.05, 4.69) is 9.97 Å². The van der Waals surface area contributed by atoms with Crippen molar-refractivity contribution in [3.05, 3.63) is 58.5 Å². The number of hydrogen-bond donors (Lipinski definition) is 1. The van der Waals surface area contributed by atoms with E-state index in [9.17, 15) is 9.59 Å². The van der Waals surface area contributed by atoms with E-state index in [1.165, 1.54) is 29.2 Å². The lowest BCUT2D eigenvalue weighted by molar-refractivity contribution is 0.0690. The first-order chi connectivity index (χ1) is 8.16. The van der Waals surface area contributed by atoms with E-state index in [0.29, 0.717) is 5.69 Å². The molecule has 0 unspecified atom stereocenters. The van der Waals surface area contributed by atoms with Crippen LogP contribution in [0.4, 0.5) is 0 Å². The van der Waals surface area contributed by atoms with E-state index in [-0.39, 0.29) is 17.8 Å². The molecule has 0 saturated heterocycles. The Morgan fingerprint density at radius 3 is 2.88 bits per heavy atom. The largest absolute Gasteiger partial charge is 0.477 e. The number of carbonyl (C=O) groups is 1. The van der Waals surface area contributed by atoms with Crippen LogP contribution in [-0.2, 0) is 6.54 Å². The van der Waals surface area contributed by atoms with Gasteiger partial charge in [-0.25, -0.2) is 14.8 Å². The Balaban J connectivity index is 2.31. The Morgan fingerprint density at radius 2 is 2.18 bits per heavy atom. The quantitative estimate of drug-likeness (QED) is 0.825. The number of rotatable bonds is 3. The molecule has 0 atom stereocenters. The zero-order chi connectivity index (χ0) is 12.3. The summed E-state index contributed by atoms with van der Waals surface area (Å²) in [6, 6.07) is 5.98. The minimum atomic E-state index is -1.09. The normalized spacial score (nSPS) is 10.1.